The molecule has 0 spiro atoms. The van der Waals surface area contributed by atoms with Crippen molar-refractivity contribution in [3.8, 4) is 0 Å². The van der Waals surface area contributed by atoms with E-state index in [-0.39, 0.29) is 31.1 Å². The Kier molecular flexibility index (Phi) is 64.8. The van der Waals surface area contributed by atoms with Crippen LogP contribution in [-0.2, 0) is 28.6 Å². The number of carbonyl (C=O) groups is 3. The summed E-state index contributed by atoms with van der Waals surface area (Å²) in [6.07, 6.45) is 95.0. The fourth-order valence-corrected chi connectivity index (χ4v) is 9.41. The van der Waals surface area contributed by atoms with Crippen molar-refractivity contribution >= 4 is 17.9 Å². The highest BCUT2D eigenvalue weighted by molar-refractivity contribution is 5.71. The Balaban J connectivity index is 4.31. The van der Waals surface area contributed by atoms with E-state index in [9.17, 15) is 14.4 Å². The van der Waals surface area contributed by atoms with Gasteiger partial charge in [-0.3, -0.25) is 14.4 Å². The quantitative estimate of drug-likeness (QED) is 0.0261. The van der Waals surface area contributed by atoms with Crippen LogP contribution < -0.4 is 0 Å². The predicted molar refractivity (Wildman–Crippen MR) is 353 cm³/mol. The fourth-order valence-electron chi connectivity index (χ4n) is 9.41. The molecule has 462 valence electrons. The Hall–Kier alpha value is -4.19. The van der Waals surface area contributed by atoms with E-state index in [0.29, 0.717) is 19.3 Å². The van der Waals surface area contributed by atoms with E-state index < -0.39 is 6.10 Å². The van der Waals surface area contributed by atoms with E-state index in [0.717, 1.165) is 141 Å². The second kappa shape index (κ2) is 68.3. The maximum absolute atomic E-state index is 13.0. The molecule has 0 bridgehead atoms. The van der Waals surface area contributed by atoms with Crippen LogP contribution in [0.5, 0.6) is 0 Å². The number of hydrogen-bond acceptors (Lipinski definition) is 6. The molecule has 1 unspecified atom stereocenters. The van der Waals surface area contributed by atoms with E-state index in [2.05, 4.69) is 142 Å². The number of esters is 3. The van der Waals surface area contributed by atoms with Gasteiger partial charge in [0.05, 0.1) is 0 Å². The van der Waals surface area contributed by atoms with Crippen LogP contribution in [0.15, 0.2) is 122 Å². The highest BCUT2D eigenvalue weighted by atomic mass is 16.6. The number of rotatable bonds is 61. The van der Waals surface area contributed by atoms with Gasteiger partial charge in [-0.25, -0.2) is 0 Å². The molecule has 6 heteroatoms. The lowest BCUT2D eigenvalue weighted by Gasteiger charge is -2.18. The highest BCUT2D eigenvalue weighted by Gasteiger charge is 2.19. The van der Waals surface area contributed by atoms with Crippen molar-refractivity contribution in [2.45, 2.75) is 322 Å². The first kappa shape index (κ1) is 76.8. The number of carbonyl (C=O) groups excluding carboxylic acids is 3. The first-order valence-corrected chi connectivity index (χ1v) is 34.0. The molecular weight excluding hydrogens is 997 g/mol. The van der Waals surface area contributed by atoms with E-state index >= 15 is 0 Å². The predicted octanol–water partition coefficient (Wildman–Crippen LogP) is 23.6. The lowest BCUT2D eigenvalue weighted by Crippen LogP contribution is -2.30. The second-order valence-electron chi connectivity index (χ2n) is 22.3. The molecule has 0 aromatic carbocycles. The molecule has 6 nitrogen and oxygen atoms in total. The largest absolute Gasteiger partial charge is 0.462 e. The van der Waals surface area contributed by atoms with Gasteiger partial charge in [0.1, 0.15) is 13.2 Å². The van der Waals surface area contributed by atoms with E-state index in [1.807, 2.05) is 0 Å². The third kappa shape index (κ3) is 66.5. The van der Waals surface area contributed by atoms with Gasteiger partial charge in [-0.15, -0.1) is 0 Å². The normalized spacial score (nSPS) is 12.9. The zero-order valence-corrected chi connectivity index (χ0v) is 53.0. The van der Waals surface area contributed by atoms with Crippen LogP contribution in [0.3, 0.4) is 0 Å². The molecule has 81 heavy (non-hydrogen) atoms. The fraction of sp³-hybridized carbons (Fsp3) is 0.693. The number of hydrogen-bond donors (Lipinski definition) is 0. The average Bonchev–Trinajstić information content (AvgIpc) is 3.46. The molecule has 0 aliphatic carbocycles. The van der Waals surface area contributed by atoms with Gasteiger partial charge in [-0.05, 0) is 122 Å². The summed E-state index contributed by atoms with van der Waals surface area (Å²) >= 11 is 0. The Labute approximate surface area is 501 Å². The van der Waals surface area contributed by atoms with Crippen LogP contribution in [0, 0.1) is 0 Å². The van der Waals surface area contributed by atoms with Crippen molar-refractivity contribution in [1.82, 2.24) is 0 Å². The maximum atomic E-state index is 13.0. The molecule has 0 aliphatic rings. The Bertz CT molecular complexity index is 1670. The molecule has 0 rings (SSSR count). The number of allylic oxidation sites excluding steroid dienone is 20. The van der Waals surface area contributed by atoms with Gasteiger partial charge in [0.15, 0.2) is 6.10 Å². The van der Waals surface area contributed by atoms with Crippen molar-refractivity contribution in [1.29, 1.82) is 0 Å². The minimum Gasteiger partial charge on any atom is -0.462 e. The summed E-state index contributed by atoms with van der Waals surface area (Å²) in [6.45, 7) is 6.36. The van der Waals surface area contributed by atoms with Crippen molar-refractivity contribution < 1.29 is 28.6 Å². The maximum Gasteiger partial charge on any atom is 0.306 e. The van der Waals surface area contributed by atoms with Crippen molar-refractivity contribution in [3.63, 3.8) is 0 Å². The van der Waals surface area contributed by atoms with Crippen LogP contribution in [0.1, 0.15) is 316 Å². The SMILES string of the molecule is CC/C=C\C/C=C\C/C=C\C/C=C\CCCCCCCCCCCCCCC(=O)OCC(COC(=O)CCCCCCC/C=C\C/C=C\CCC)OC(=O)CCCCCCCCCCCCCC/C=C\C/C=C\C/C=C\C/C=C\CC. The first-order valence-electron chi connectivity index (χ1n) is 34.0. The molecule has 0 saturated heterocycles. The summed E-state index contributed by atoms with van der Waals surface area (Å²) in [5.41, 5.74) is 0. The number of unbranched alkanes of at least 4 members (excludes halogenated alkanes) is 30. The van der Waals surface area contributed by atoms with E-state index in [1.165, 1.54) is 135 Å². The monoisotopic (exact) mass is 1120 g/mol. The zero-order chi connectivity index (χ0) is 58.5. The Morgan fingerprint density at radius 2 is 0.481 bits per heavy atom. The lowest BCUT2D eigenvalue weighted by atomic mass is 10.0. The Morgan fingerprint density at radius 1 is 0.259 bits per heavy atom. The molecule has 0 saturated carbocycles. The van der Waals surface area contributed by atoms with Gasteiger partial charge in [-0.1, -0.05) is 296 Å². The van der Waals surface area contributed by atoms with Crippen LogP contribution in [0.2, 0.25) is 0 Å². The standard InChI is InChI=1S/C75H126O6/c1-4-7-10-13-16-19-22-25-27-29-31-33-35-37-39-41-43-45-47-50-53-56-59-62-65-68-74(77)80-71-72(70-79-73(76)67-64-61-58-55-52-49-24-21-18-15-12-9-6-3)81-75(78)69-66-63-60-57-54-51-48-46-44-42-40-38-36-34-32-30-28-26-23-20-17-14-11-8-5-2/h7-8,10-12,15-17,19-21,24-28,31-34,72H,4-6,9,13-14,18,22-23,29-30,35-71H2,1-3H3/b10-7-,11-8-,15-12-,19-16-,20-17-,24-21-,27-25-,28-26-,33-31-,34-32-. The molecule has 0 aromatic rings. The summed E-state index contributed by atoms with van der Waals surface area (Å²) in [5.74, 6) is -0.894. The van der Waals surface area contributed by atoms with E-state index in [1.54, 1.807) is 0 Å². The molecule has 1 atom stereocenters. The molecule has 0 radical (unpaired) electrons. The number of ether oxygens (including phenoxy) is 3. The van der Waals surface area contributed by atoms with Gasteiger partial charge in [0, 0.05) is 19.3 Å². The third-order valence-electron chi connectivity index (χ3n) is 14.4. The molecule has 0 amide bonds. The summed E-state index contributed by atoms with van der Waals surface area (Å²) in [7, 11) is 0. The molecule has 0 N–H and O–H groups in total. The smallest absolute Gasteiger partial charge is 0.306 e. The molecule has 0 aliphatic heterocycles. The minimum atomic E-state index is -0.790. The van der Waals surface area contributed by atoms with Crippen LogP contribution >= 0.6 is 0 Å². The van der Waals surface area contributed by atoms with Gasteiger partial charge < -0.3 is 14.2 Å². The lowest BCUT2D eigenvalue weighted by molar-refractivity contribution is -0.167. The Morgan fingerprint density at radius 3 is 0.753 bits per heavy atom. The van der Waals surface area contributed by atoms with E-state index in [4.69, 9.17) is 14.2 Å². The van der Waals surface area contributed by atoms with Crippen molar-refractivity contribution in [2.75, 3.05) is 13.2 Å². The molecule has 0 aromatic heterocycles. The summed E-state index contributed by atoms with van der Waals surface area (Å²) < 4.78 is 17.0. The van der Waals surface area contributed by atoms with Crippen molar-refractivity contribution in [3.05, 3.63) is 122 Å². The topological polar surface area (TPSA) is 78.9 Å². The van der Waals surface area contributed by atoms with Gasteiger partial charge in [0.25, 0.3) is 0 Å². The third-order valence-corrected chi connectivity index (χ3v) is 14.4. The van der Waals surface area contributed by atoms with Crippen LogP contribution in [0.25, 0.3) is 0 Å². The zero-order valence-electron chi connectivity index (χ0n) is 53.0. The molecular formula is C75H126O6. The van der Waals surface area contributed by atoms with Gasteiger partial charge >= 0.3 is 17.9 Å². The minimum absolute atomic E-state index is 0.0847. The van der Waals surface area contributed by atoms with Gasteiger partial charge in [0.2, 0.25) is 0 Å². The van der Waals surface area contributed by atoms with Crippen molar-refractivity contribution in [2.24, 2.45) is 0 Å². The highest BCUT2D eigenvalue weighted by Crippen LogP contribution is 2.17. The van der Waals surface area contributed by atoms with Gasteiger partial charge in [-0.2, -0.15) is 0 Å². The summed E-state index contributed by atoms with van der Waals surface area (Å²) in [5, 5.41) is 0. The summed E-state index contributed by atoms with van der Waals surface area (Å²) in [4.78, 5) is 38.4. The summed E-state index contributed by atoms with van der Waals surface area (Å²) in [6, 6.07) is 0. The molecule has 0 heterocycles. The van der Waals surface area contributed by atoms with Crippen LogP contribution in [0.4, 0.5) is 0 Å². The average molecular weight is 1120 g/mol. The second-order valence-corrected chi connectivity index (χ2v) is 22.3. The van der Waals surface area contributed by atoms with Crippen LogP contribution in [-0.4, -0.2) is 37.2 Å². The first-order chi connectivity index (χ1) is 40.0. The molecule has 0 fully saturated rings.